The summed E-state index contributed by atoms with van der Waals surface area (Å²) in [4.78, 5) is 38.8. The van der Waals surface area contributed by atoms with Crippen molar-refractivity contribution in [3.63, 3.8) is 0 Å². The predicted molar refractivity (Wildman–Crippen MR) is 141 cm³/mol. The standard InChI is InChI=1S/C27H34FN3O7S/c1-17(2)24-26(33)29-22(27(34)37-3)6-4-5-15-38-20-11-7-18(8-12-20)16-23(25(32)30-24)31-39(35,36)21-13-9-19(28)10-14-21/h7-14,17,22-24,31H,4-6,15-16H2,1-3H3,(H,29,33)(H,30,32)/t22-,23-,24-/m0/s1. The lowest BCUT2D eigenvalue weighted by molar-refractivity contribution is -0.145. The number of carbonyl (C=O) groups excluding carboxylic acids is 3. The Morgan fingerprint density at radius 2 is 1.69 bits per heavy atom. The highest BCUT2D eigenvalue weighted by Gasteiger charge is 2.33. The van der Waals surface area contributed by atoms with E-state index in [1.165, 1.54) is 7.11 Å². The van der Waals surface area contributed by atoms with Gasteiger partial charge in [0.2, 0.25) is 21.8 Å². The van der Waals surface area contributed by atoms with Gasteiger partial charge < -0.3 is 20.1 Å². The molecule has 2 aliphatic rings. The molecular formula is C27H34FN3O7S. The maximum Gasteiger partial charge on any atom is 0.328 e. The van der Waals surface area contributed by atoms with Crippen molar-refractivity contribution in [2.45, 2.75) is 62.6 Å². The molecule has 2 aromatic rings. The number of methoxy groups -OCH3 is 1. The number of benzene rings is 2. The molecule has 2 aliphatic heterocycles. The number of rotatable bonds is 5. The Morgan fingerprint density at radius 1 is 1.03 bits per heavy atom. The summed E-state index contributed by atoms with van der Waals surface area (Å²) in [6.45, 7) is 3.82. The number of nitrogens with one attached hydrogen (secondary N) is 3. The van der Waals surface area contributed by atoms with Gasteiger partial charge in [0.15, 0.2) is 0 Å². The van der Waals surface area contributed by atoms with Crippen molar-refractivity contribution in [3.8, 4) is 5.75 Å². The summed E-state index contributed by atoms with van der Waals surface area (Å²) in [5.41, 5.74) is 0.643. The maximum absolute atomic E-state index is 13.5. The van der Waals surface area contributed by atoms with E-state index in [2.05, 4.69) is 15.4 Å². The van der Waals surface area contributed by atoms with Crippen molar-refractivity contribution < 1.29 is 36.7 Å². The van der Waals surface area contributed by atoms with Gasteiger partial charge in [0, 0.05) is 0 Å². The third-order valence-electron chi connectivity index (χ3n) is 6.31. The number of esters is 1. The number of halogens is 1. The van der Waals surface area contributed by atoms with E-state index in [-0.39, 0.29) is 11.3 Å². The van der Waals surface area contributed by atoms with E-state index in [0.717, 1.165) is 24.3 Å². The first-order chi connectivity index (χ1) is 18.5. The van der Waals surface area contributed by atoms with Gasteiger partial charge in [0.1, 0.15) is 29.7 Å². The third-order valence-corrected chi connectivity index (χ3v) is 7.79. The second-order valence-electron chi connectivity index (χ2n) is 9.63. The van der Waals surface area contributed by atoms with E-state index in [1.54, 1.807) is 38.1 Å². The van der Waals surface area contributed by atoms with Crippen LogP contribution in [0.5, 0.6) is 5.75 Å². The van der Waals surface area contributed by atoms with Crippen LogP contribution in [0.15, 0.2) is 53.4 Å². The van der Waals surface area contributed by atoms with Crippen LogP contribution in [0.4, 0.5) is 4.39 Å². The van der Waals surface area contributed by atoms with E-state index in [1.807, 2.05) is 0 Å². The predicted octanol–water partition coefficient (Wildman–Crippen LogP) is 2.08. The molecule has 2 amide bonds. The van der Waals surface area contributed by atoms with Crippen LogP contribution in [-0.4, -0.2) is 58.0 Å². The van der Waals surface area contributed by atoms with E-state index in [9.17, 15) is 27.2 Å². The molecule has 0 aliphatic carbocycles. The van der Waals surface area contributed by atoms with E-state index in [4.69, 9.17) is 9.47 Å². The second-order valence-corrected chi connectivity index (χ2v) is 11.3. The number of ether oxygens (including phenoxy) is 2. The van der Waals surface area contributed by atoms with Gasteiger partial charge in [0.25, 0.3) is 0 Å². The van der Waals surface area contributed by atoms with Crippen molar-refractivity contribution in [3.05, 3.63) is 59.9 Å². The monoisotopic (exact) mass is 563 g/mol. The van der Waals surface area contributed by atoms with Gasteiger partial charge >= 0.3 is 5.97 Å². The molecule has 0 fully saturated rings. The summed E-state index contributed by atoms with van der Waals surface area (Å²) in [6.07, 6.45) is 1.47. The van der Waals surface area contributed by atoms with Gasteiger partial charge in [0.05, 0.1) is 18.6 Å². The van der Waals surface area contributed by atoms with E-state index < -0.39 is 57.7 Å². The molecule has 3 N–H and O–H groups in total. The number of fused-ring (bicyclic) bond motifs is 14. The molecule has 2 aromatic carbocycles. The van der Waals surface area contributed by atoms with Crippen LogP contribution in [0, 0.1) is 11.7 Å². The lowest BCUT2D eigenvalue weighted by atomic mass is 10.0. The number of hydrogen-bond donors (Lipinski definition) is 3. The Kier molecular flexibility index (Phi) is 10.4. The summed E-state index contributed by atoms with van der Waals surface area (Å²) >= 11 is 0. The third kappa shape index (κ3) is 8.49. The van der Waals surface area contributed by atoms with Gasteiger partial charge in [-0.1, -0.05) is 26.0 Å². The summed E-state index contributed by atoms with van der Waals surface area (Å²) in [5.74, 6) is -2.36. The molecular weight excluding hydrogens is 529 g/mol. The number of amides is 2. The quantitative estimate of drug-likeness (QED) is 0.473. The molecule has 4 rings (SSSR count). The first-order valence-corrected chi connectivity index (χ1v) is 14.2. The van der Waals surface area contributed by atoms with Crippen molar-refractivity contribution in [1.82, 2.24) is 15.4 Å². The average molecular weight is 564 g/mol. The zero-order chi connectivity index (χ0) is 28.6. The van der Waals surface area contributed by atoms with Crippen LogP contribution in [0.3, 0.4) is 0 Å². The summed E-state index contributed by atoms with van der Waals surface area (Å²) in [5, 5.41) is 5.31. The van der Waals surface area contributed by atoms with Gasteiger partial charge in [-0.25, -0.2) is 17.6 Å². The van der Waals surface area contributed by atoms with Gasteiger partial charge in [-0.3, -0.25) is 9.59 Å². The molecule has 0 radical (unpaired) electrons. The smallest absolute Gasteiger partial charge is 0.328 e. The zero-order valence-electron chi connectivity index (χ0n) is 22.1. The lowest BCUT2D eigenvalue weighted by Crippen LogP contribution is -2.57. The first kappa shape index (κ1) is 30.0. The minimum Gasteiger partial charge on any atom is -0.494 e. The molecule has 0 saturated carbocycles. The number of sulfonamides is 1. The molecule has 0 saturated heterocycles. The fourth-order valence-corrected chi connectivity index (χ4v) is 5.29. The summed E-state index contributed by atoms with van der Waals surface area (Å²) in [6, 6.07) is 7.78. The molecule has 0 spiro atoms. The summed E-state index contributed by atoms with van der Waals surface area (Å²) in [7, 11) is -3.00. The molecule has 3 atom stereocenters. The first-order valence-electron chi connectivity index (χ1n) is 12.7. The molecule has 12 heteroatoms. The maximum atomic E-state index is 13.5. The Morgan fingerprint density at radius 3 is 2.31 bits per heavy atom. The SMILES string of the molecule is COC(=O)[C@@H]1CCCCOc2ccc(cc2)C[C@H](NS(=O)(=O)c2ccc(F)cc2)C(=O)N[C@@H](C(C)C)C(=O)N1. The van der Waals surface area contributed by atoms with Gasteiger partial charge in [-0.2, -0.15) is 4.72 Å². The topological polar surface area (TPSA) is 140 Å². The molecule has 2 bridgehead atoms. The second kappa shape index (κ2) is 13.5. The number of carbonyl (C=O) groups is 3. The molecule has 39 heavy (non-hydrogen) atoms. The molecule has 2 heterocycles. The highest BCUT2D eigenvalue weighted by Crippen LogP contribution is 2.17. The van der Waals surface area contributed by atoms with Crippen LogP contribution >= 0.6 is 0 Å². The van der Waals surface area contributed by atoms with Crippen LogP contribution in [0.2, 0.25) is 0 Å². The molecule has 10 nitrogen and oxygen atoms in total. The van der Waals surface area contributed by atoms with Gasteiger partial charge in [-0.05, 0) is 73.6 Å². The van der Waals surface area contributed by atoms with Crippen molar-refractivity contribution in [1.29, 1.82) is 0 Å². The normalized spacial score (nSPS) is 21.4. The molecule has 0 aromatic heterocycles. The molecule has 0 unspecified atom stereocenters. The Labute approximate surface area is 227 Å². The average Bonchev–Trinajstić information content (AvgIpc) is 2.90. The zero-order valence-corrected chi connectivity index (χ0v) is 22.9. The van der Waals surface area contributed by atoms with Crippen molar-refractivity contribution in [2.75, 3.05) is 13.7 Å². The minimum atomic E-state index is -4.23. The van der Waals surface area contributed by atoms with Crippen LogP contribution in [0.25, 0.3) is 0 Å². The Hall–Kier alpha value is -3.51. The highest BCUT2D eigenvalue weighted by atomic mass is 32.2. The Balaban J connectivity index is 1.94. The largest absolute Gasteiger partial charge is 0.494 e. The highest BCUT2D eigenvalue weighted by molar-refractivity contribution is 7.89. The van der Waals surface area contributed by atoms with Gasteiger partial charge in [-0.15, -0.1) is 0 Å². The van der Waals surface area contributed by atoms with E-state index in [0.29, 0.717) is 37.2 Å². The van der Waals surface area contributed by atoms with Crippen molar-refractivity contribution >= 4 is 27.8 Å². The summed E-state index contributed by atoms with van der Waals surface area (Å²) < 4.78 is 52.5. The van der Waals surface area contributed by atoms with Crippen LogP contribution in [-0.2, 0) is 35.6 Å². The van der Waals surface area contributed by atoms with E-state index >= 15 is 0 Å². The lowest BCUT2D eigenvalue weighted by Gasteiger charge is -2.27. The fourth-order valence-electron chi connectivity index (χ4n) is 4.10. The molecule has 212 valence electrons. The Bertz CT molecular complexity index is 1250. The fraction of sp³-hybridized carbons (Fsp3) is 0.444. The van der Waals surface area contributed by atoms with Crippen LogP contribution < -0.4 is 20.1 Å². The van der Waals surface area contributed by atoms with Crippen molar-refractivity contribution in [2.24, 2.45) is 5.92 Å². The minimum absolute atomic E-state index is 0.0379. The van der Waals surface area contributed by atoms with Crippen LogP contribution in [0.1, 0.15) is 38.7 Å². The number of hydrogen-bond acceptors (Lipinski definition) is 7.